The second-order valence-corrected chi connectivity index (χ2v) is 9.28. The van der Waals surface area contributed by atoms with Crippen LogP contribution in [0.4, 0.5) is 0 Å². The number of hydrogen-bond acceptors (Lipinski definition) is 8. The largest absolute Gasteiger partial charge is 0.469 e. The Morgan fingerprint density at radius 3 is 1.97 bits per heavy atom. The number of aliphatic hydroxyl groups excluding tert-OH is 4. The molecule has 0 fully saturated rings. The maximum atomic E-state index is 12.0. The van der Waals surface area contributed by atoms with E-state index in [0.717, 1.165) is 25.7 Å². The molecule has 1 unspecified atom stereocenters. The van der Waals surface area contributed by atoms with E-state index in [1.54, 1.807) is 0 Å². The van der Waals surface area contributed by atoms with Gasteiger partial charge < -0.3 is 40.3 Å². The monoisotopic (exact) mass is 485 g/mol. The van der Waals surface area contributed by atoms with Gasteiger partial charge in [0.15, 0.2) is 0 Å². The topological polar surface area (TPSA) is 194 Å². The molecule has 5 atom stereocenters. The summed E-state index contributed by atoms with van der Waals surface area (Å²) in [7, 11) is -4.90. The quantitative estimate of drug-likeness (QED) is 0.0726. The SMILES string of the molecule is CCCCCCCCCCCC(O)CC(=O)N[C@@H](C=O)[C@@H](O)[C@H](O)[C@H](O)COP(=O)(O)O. The van der Waals surface area contributed by atoms with Crippen LogP contribution >= 0.6 is 7.82 Å². The first-order valence-corrected chi connectivity index (χ1v) is 12.7. The third kappa shape index (κ3) is 15.8. The summed E-state index contributed by atoms with van der Waals surface area (Å²) in [6.07, 6.45) is 3.54. The van der Waals surface area contributed by atoms with E-state index in [1.807, 2.05) is 0 Å². The molecule has 0 aliphatic carbocycles. The van der Waals surface area contributed by atoms with Gasteiger partial charge in [0.05, 0.1) is 19.1 Å². The Bertz CT molecular complexity index is 558. The van der Waals surface area contributed by atoms with Crippen LogP contribution in [0.25, 0.3) is 0 Å². The molecule has 12 heteroatoms. The number of carbonyl (C=O) groups is 2. The van der Waals surface area contributed by atoms with Gasteiger partial charge in [-0.1, -0.05) is 64.7 Å². The van der Waals surface area contributed by atoms with Crippen LogP contribution in [-0.4, -0.2) is 79.5 Å². The number of aldehydes is 1. The molecule has 0 aliphatic heterocycles. The van der Waals surface area contributed by atoms with Crippen molar-refractivity contribution in [2.24, 2.45) is 0 Å². The van der Waals surface area contributed by atoms with Gasteiger partial charge in [0.25, 0.3) is 0 Å². The Hall–Kier alpha value is -0.910. The smallest absolute Gasteiger partial charge is 0.393 e. The second kappa shape index (κ2) is 17.6. The average molecular weight is 486 g/mol. The molecular formula is C20H40NO10P. The average Bonchev–Trinajstić information content (AvgIpc) is 2.73. The third-order valence-corrected chi connectivity index (χ3v) is 5.55. The molecule has 11 nitrogen and oxygen atoms in total. The molecule has 0 aromatic rings. The molecule has 0 saturated carbocycles. The van der Waals surface area contributed by atoms with E-state index in [1.165, 1.54) is 32.1 Å². The van der Waals surface area contributed by atoms with Crippen molar-refractivity contribution in [1.82, 2.24) is 5.32 Å². The molecule has 0 aromatic carbocycles. The molecule has 0 bridgehead atoms. The molecular weight excluding hydrogens is 445 g/mol. The van der Waals surface area contributed by atoms with E-state index in [9.17, 15) is 34.6 Å². The van der Waals surface area contributed by atoms with Crippen molar-refractivity contribution in [2.45, 2.75) is 108 Å². The number of hydrogen-bond donors (Lipinski definition) is 7. The van der Waals surface area contributed by atoms with Crippen LogP contribution < -0.4 is 5.32 Å². The Morgan fingerprint density at radius 2 is 1.47 bits per heavy atom. The predicted molar refractivity (Wildman–Crippen MR) is 116 cm³/mol. The molecule has 190 valence electrons. The molecule has 1 amide bonds. The Kier molecular flexibility index (Phi) is 17.1. The summed E-state index contributed by atoms with van der Waals surface area (Å²) in [5.74, 6) is -0.724. The predicted octanol–water partition coefficient (Wildman–Crippen LogP) is 0.534. The zero-order valence-corrected chi connectivity index (χ0v) is 19.6. The van der Waals surface area contributed by atoms with Gasteiger partial charge in [-0.2, -0.15) is 0 Å². The summed E-state index contributed by atoms with van der Waals surface area (Å²) in [6, 6.07) is -1.60. The highest BCUT2D eigenvalue weighted by Gasteiger charge is 2.33. The van der Waals surface area contributed by atoms with Gasteiger partial charge in [-0.25, -0.2) is 4.57 Å². The van der Waals surface area contributed by atoms with Crippen LogP contribution in [0.3, 0.4) is 0 Å². The lowest BCUT2D eigenvalue weighted by Gasteiger charge is -2.27. The fourth-order valence-corrected chi connectivity index (χ4v) is 3.51. The molecule has 0 aliphatic rings. The molecule has 0 rings (SSSR count). The number of rotatable bonds is 20. The maximum absolute atomic E-state index is 12.0. The Morgan fingerprint density at radius 1 is 0.938 bits per heavy atom. The number of amides is 1. The standard InChI is InChI=1S/C20H40NO10P/c1-2-3-4-5-6-7-8-9-10-11-15(23)12-18(25)21-16(13-22)19(26)20(27)17(24)14-31-32(28,29)30/h13,15-17,19-20,23-24,26-27H,2-12,14H2,1H3,(H,21,25)(H2,28,29,30)/t15?,16-,17+,19+,20+/m0/s1. The zero-order valence-electron chi connectivity index (χ0n) is 18.7. The van der Waals surface area contributed by atoms with E-state index in [0.29, 0.717) is 6.42 Å². The van der Waals surface area contributed by atoms with E-state index >= 15 is 0 Å². The van der Waals surface area contributed by atoms with Crippen LogP contribution in [-0.2, 0) is 18.7 Å². The van der Waals surface area contributed by atoms with Crippen LogP contribution in [0.5, 0.6) is 0 Å². The lowest BCUT2D eigenvalue weighted by molar-refractivity contribution is -0.132. The molecule has 0 saturated heterocycles. The lowest BCUT2D eigenvalue weighted by atomic mass is 10.0. The van der Waals surface area contributed by atoms with Crippen molar-refractivity contribution in [3.8, 4) is 0 Å². The minimum Gasteiger partial charge on any atom is -0.393 e. The van der Waals surface area contributed by atoms with Crippen LogP contribution in [0.15, 0.2) is 0 Å². The van der Waals surface area contributed by atoms with Gasteiger partial charge in [0, 0.05) is 0 Å². The Labute approximate surface area is 189 Å². The summed E-state index contributed by atoms with van der Waals surface area (Å²) in [5.41, 5.74) is 0. The van der Waals surface area contributed by atoms with E-state index in [2.05, 4.69) is 16.8 Å². The van der Waals surface area contributed by atoms with Gasteiger partial charge in [-0.3, -0.25) is 9.32 Å². The zero-order chi connectivity index (χ0) is 24.6. The molecule has 0 radical (unpaired) electrons. The first-order valence-electron chi connectivity index (χ1n) is 11.2. The number of aliphatic hydroxyl groups is 4. The van der Waals surface area contributed by atoms with Crippen LogP contribution in [0.2, 0.25) is 0 Å². The van der Waals surface area contributed by atoms with Crippen molar-refractivity contribution in [3.05, 3.63) is 0 Å². The highest BCUT2D eigenvalue weighted by molar-refractivity contribution is 7.46. The number of phosphoric acid groups is 1. The summed E-state index contributed by atoms with van der Waals surface area (Å²) in [6.45, 7) is 1.18. The fraction of sp³-hybridized carbons (Fsp3) is 0.900. The van der Waals surface area contributed by atoms with Gasteiger partial charge >= 0.3 is 7.82 Å². The van der Waals surface area contributed by atoms with Crippen LogP contribution in [0.1, 0.15) is 77.6 Å². The van der Waals surface area contributed by atoms with Crippen molar-refractivity contribution in [2.75, 3.05) is 6.61 Å². The first-order chi connectivity index (χ1) is 15.0. The number of carbonyl (C=O) groups excluding carboxylic acids is 2. The van der Waals surface area contributed by atoms with Crippen molar-refractivity contribution >= 4 is 20.0 Å². The van der Waals surface area contributed by atoms with Gasteiger partial charge in [0.2, 0.25) is 5.91 Å². The Balaban J connectivity index is 4.20. The number of nitrogens with one attached hydrogen (secondary N) is 1. The summed E-state index contributed by atoms with van der Waals surface area (Å²) >= 11 is 0. The summed E-state index contributed by atoms with van der Waals surface area (Å²) < 4.78 is 14.7. The van der Waals surface area contributed by atoms with Gasteiger partial charge in [-0.15, -0.1) is 0 Å². The first kappa shape index (κ1) is 31.1. The van der Waals surface area contributed by atoms with E-state index in [-0.39, 0.29) is 12.7 Å². The molecule has 7 N–H and O–H groups in total. The van der Waals surface area contributed by atoms with Crippen LogP contribution in [0, 0.1) is 0 Å². The summed E-state index contributed by atoms with van der Waals surface area (Å²) in [5, 5.41) is 41.6. The molecule has 0 aromatic heterocycles. The van der Waals surface area contributed by atoms with Crippen molar-refractivity contribution in [3.63, 3.8) is 0 Å². The normalized spacial score (nSPS) is 16.7. The second-order valence-electron chi connectivity index (χ2n) is 8.04. The van der Waals surface area contributed by atoms with E-state index in [4.69, 9.17) is 9.79 Å². The van der Waals surface area contributed by atoms with Gasteiger partial charge in [0.1, 0.15) is 30.6 Å². The fourth-order valence-electron chi connectivity index (χ4n) is 3.16. The molecule has 0 heterocycles. The number of unbranched alkanes of at least 4 members (excludes halogenated alkanes) is 8. The minimum absolute atomic E-state index is 0.148. The highest BCUT2D eigenvalue weighted by atomic mass is 31.2. The van der Waals surface area contributed by atoms with Crippen molar-refractivity contribution in [1.29, 1.82) is 0 Å². The highest BCUT2D eigenvalue weighted by Crippen LogP contribution is 2.35. The molecule has 32 heavy (non-hydrogen) atoms. The molecule has 0 spiro atoms. The van der Waals surface area contributed by atoms with Crippen molar-refractivity contribution < 1.29 is 48.9 Å². The maximum Gasteiger partial charge on any atom is 0.469 e. The van der Waals surface area contributed by atoms with E-state index < -0.39 is 50.8 Å². The number of phosphoric ester groups is 1. The van der Waals surface area contributed by atoms with Gasteiger partial charge in [-0.05, 0) is 6.42 Å². The summed E-state index contributed by atoms with van der Waals surface area (Å²) in [4.78, 5) is 40.4. The minimum atomic E-state index is -4.90. The lowest BCUT2D eigenvalue weighted by Crippen LogP contribution is -2.53. The third-order valence-electron chi connectivity index (χ3n) is 5.06.